The van der Waals surface area contributed by atoms with Gasteiger partial charge in [0, 0.05) is 33.4 Å². The number of hydrogen-bond acceptors (Lipinski definition) is 7. The van der Waals surface area contributed by atoms with Crippen LogP contribution in [-0.2, 0) is 29.0 Å². The van der Waals surface area contributed by atoms with Crippen LogP contribution in [0.15, 0.2) is 51.8 Å². The largest absolute Gasteiger partial charge is 0.444 e. The van der Waals surface area contributed by atoms with Gasteiger partial charge in [-0.25, -0.2) is 13.6 Å². The number of nitrogens with zero attached hydrogens (tertiary/aromatic N) is 1. The molecular weight excluding hydrogens is 641 g/mol. The first-order valence-corrected chi connectivity index (χ1v) is 16.7. The normalized spacial score (nSPS) is 21.3. The third-order valence-corrected chi connectivity index (χ3v) is 11.4. The second-order valence-corrected chi connectivity index (χ2v) is 15.6. The maximum absolute atomic E-state index is 14.5. The van der Waals surface area contributed by atoms with Crippen LogP contribution in [0.25, 0.3) is 0 Å². The minimum absolute atomic E-state index is 0.0294. The van der Waals surface area contributed by atoms with Crippen molar-refractivity contribution in [3.05, 3.63) is 64.1 Å². The summed E-state index contributed by atoms with van der Waals surface area (Å²) in [6, 6.07) is 9.95. The van der Waals surface area contributed by atoms with Crippen LogP contribution in [0.1, 0.15) is 52.5 Å². The number of halogens is 3. The van der Waals surface area contributed by atoms with Gasteiger partial charge in [0.15, 0.2) is 0 Å². The van der Waals surface area contributed by atoms with Gasteiger partial charge in [-0.2, -0.15) is 0 Å². The molecule has 2 fully saturated rings. The number of carbonyl (C=O) groups excluding carboxylic acids is 2. The van der Waals surface area contributed by atoms with Gasteiger partial charge in [0.05, 0.1) is 25.4 Å². The lowest BCUT2D eigenvalue weighted by molar-refractivity contribution is -0.126. The summed E-state index contributed by atoms with van der Waals surface area (Å²) in [5, 5.41) is 1.56. The summed E-state index contributed by atoms with van der Waals surface area (Å²) >= 11 is 4.53. The number of amides is 2. The molecule has 8 nitrogen and oxygen atoms in total. The molecule has 1 saturated carbocycles. The maximum atomic E-state index is 14.5. The summed E-state index contributed by atoms with van der Waals surface area (Å²) in [7, 11) is -3.82. The fourth-order valence-corrected chi connectivity index (χ4v) is 8.40. The number of likely N-dealkylation sites (tertiary alicyclic amines) is 1. The molecule has 1 saturated heterocycles. The number of hydrogen-bond donors (Lipinski definition) is 1. The molecule has 2 amide bonds. The van der Waals surface area contributed by atoms with Crippen LogP contribution in [0.5, 0.6) is 0 Å². The van der Waals surface area contributed by atoms with Gasteiger partial charge in [0.2, 0.25) is 13.3 Å². The molecule has 2 aliphatic rings. The Bertz CT molecular complexity index is 1300. The van der Waals surface area contributed by atoms with Crippen molar-refractivity contribution in [2.75, 3.05) is 13.2 Å². The first-order chi connectivity index (χ1) is 19.3. The fourth-order valence-electron chi connectivity index (χ4n) is 4.65. The molecule has 13 heteroatoms. The average Bonchev–Trinajstić information content (AvgIpc) is 3.55. The molecule has 4 rings (SSSR count). The summed E-state index contributed by atoms with van der Waals surface area (Å²) in [6.07, 6.45) is -0.881. The highest BCUT2D eigenvalue weighted by Crippen LogP contribution is 2.70. The molecule has 1 N–H and O–H groups in total. The van der Waals surface area contributed by atoms with E-state index in [0.29, 0.717) is 12.8 Å². The third kappa shape index (κ3) is 7.70. The lowest BCUT2D eigenvalue weighted by atomic mass is 10.2. The van der Waals surface area contributed by atoms with E-state index in [9.17, 15) is 22.9 Å². The van der Waals surface area contributed by atoms with Crippen LogP contribution in [0.2, 0.25) is 0 Å². The lowest BCUT2D eigenvalue weighted by Gasteiger charge is -2.32. The van der Waals surface area contributed by atoms with Crippen molar-refractivity contribution < 1.29 is 36.4 Å². The van der Waals surface area contributed by atoms with Crippen LogP contribution in [0.3, 0.4) is 0 Å². The van der Waals surface area contributed by atoms with Crippen molar-refractivity contribution in [3.63, 3.8) is 0 Å². The molecule has 2 aromatic rings. The first-order valence-electron chi connectivity index (χ1n) is 13.3. The quantitative estimate of drug-likeness (QED) is 0.210. The molecule has 0 radical (unpaired) electrons. The molecule has 0 aromatic heterocycles. The molecule has 224 valence electrons. The summed E-state index contributed by atoms with van der Waals surface area (Å²) in [5.41, 5.74) is -1.14. The first kappa shape index (κ1) is 31.9. The van der Waals surface area contributed by atoms with Gasteiger partial charge in [-0.1, -0.05) is 22.0 Å². The minimum Gasteiger partial charge on any atom is -0.444 e. The molecule has 41 heavy (non-hydrogen) atoms. The number of carbonyl (C=O) groups is 2. The summed E-state index contributed by atoms with van der Waals surface area (Å²) in [5.74, 6) is -2.22. The Morgan fingerprint density at radius 1 is 1.15 bits per heavy atom. The van der Waals surface area contributed by atoms with E-state index in [4.69, 9.17) is 13.4 Å². The van der Waals surface area contributed by atoms with Crippen molar-refractivity contribution in [3.8, 4) is 0 Å². The summed E-state index contributed by atoms with van der Waals surface area (Å²) in [4.78, 5) is 29.0. The minimum atomic E-state index is -3.82. The van der Waals surface area contributed by atoms with Crippen LogP contribution in [0, 0.1) is 11.6 Å². The SMILES string of the molecule is CCOP(=O)(Cc1c(F)cccc1F)C1(NC(=O)[C@@H]2C[C@H](OSc3ccc(Br)cc3)CN2C(=O)OC(C)(C)C)CC1. The van der Waals surface area contributed by atoms with Gasteiger partial charge in [0.25, 0.3) is 0 Å². The zero-order valence-electron chi connectivity index (χ0n) is 23.3. The van der Waals surface area contributed by atoms with Crippen LogP contribution < -0.4 is 5.32 Å². The Hall–Kier alpha value is -1.98. The van der Waals surface area contributed by atoms with Crippen molar-refractivity contribution >= 4 is 47.3 Å². The number of ether oxygens (including phenoxy) is 1. The Balaban J connectivity index is 1.53. The maximum Gasteiger partial charge on any atom is 0.411 e. The summed E-state index contributed by atoms with van der Waals surface area (Å²) in [6.45, 7) is 6.95. The molecule has 3 atom stereocenters. The van der Waals surface area contributed by atoms with Gasteiger partial charge < -0.3 is 18.8 Å². The molecule has 0 spiro atoms. The highest BCUT2D eigenvalue weighted by atomic mass is 79.9. The smallest absolute Gasteiger partial charge is 0.411 e. The molecule has 1 aliphatic heterocycles. The molecule has 1 heterocycles. The second kappa shape index (κ2) is 12.7. The van der Waals surface area contributed by atoms with Crippen molar-refractivity contribution in [2.45, 2.75) is 81.0 Å². The van der Waals surface area contributed by atoms with Gasteiger partial charge in [-0.3, -0.25) is 14.3 Å². The average molecular weight is 676 g/mol. The predicted octanol–water partition coefficient (Wildman–Crippen LogP) is 7.25. The van der Waals surface area contributed by atoms with Gasteiger partial charge in [-0.15, -0.1) is 0 Å². The van der Waals surface area contributed by atoms with E-state index in [0.717, 1.165) is 33.5 Å². The Morgan fingerprint density at radius 2 is 1.78 bits per heavy atom. The van der Waals surface area contributed by atoms with E-state index in [1.807, 2.05) is 24.3 Å². The second-order valence-electron chi connectivity index (χ2n) is 11.1. The van der Waals surface area contributed by atoms with Crippen LogP contribution >= 0.6 is 35.3 Å². The predicted molar refractivity (Wildman–Crippen MR) is 156 cm³/mol. The monoisotopic (exact) mass is 674 g/mol. The van der Waals surface area contributed by atoms with Crippen LogP contribution in [-0.4, -0.2) is 53.1 Å². The number of benzene rings is 2. The highest BCUT2D eigenvalue weighted by Gasteiger charge is 2.60. The number of rotatable bonds is 10. The summed E-state index contributed by atoms with van der Waals surface area (Å²) < 4.78 is 61.3. The van der Waals surface area contributed by atoms with E-state index < -0.39 is 60.2 Å². The third-order valence-electron chi connectivity index (χ3n) is 6.78. The molecule has 2 aromatic carbocycles. The van der Waals surface area contributed by atoms with Gasteiger partial charge >= 0.3 is 6.09 Å². The van der Waals surface area contributed by atoms with Crippen molar-refractivity contribution in [2.24, 2.45) is 0 Å². The van der Waals surface area contributed by atoms with E-state index in [-0.39, 0.29) is 25.1 Å². The zero-order valence-corrected chi connectivity index (χ0v) is 26.6. The Morgan fingerprint density at radius 3 is 2.34 bits per heavy atom. The standard InChI is InChI=1S/C28H34BrF2N2O6PS/c1-5-37-40(36,17-21-22(30)7-6-8-23(21)31)28(13-14-28)32-25(34)24-15-19(16-33(24)26(35)38-27(2,3)4)39-41-20-11-9-18(29)10-12-20/h6-12,19,24H,5,13-17H2,1-4H3,(H,32,34)/t19-,24-,40?/m0/s1. The molecular formula is C28H34BrF2N2O6PS. The van der Waals surface area contributed by atoms with Gasteiger partial charge in [-0.05, 0) is 76.9 Å². The topological polar surface area (TPSA) is 94.2 Å². The van der Waals surface area contributed by atoms with E-state index in [2.05, 4.69) is 21.2 Å². The Labute approximate surface area is 251 Å². The number of nitrogens with one attached hydrogen (secondary N) is 1. The van der Waals surface area contributed by atoms with Crippen LogP contribution in [0.4, 0.5) is 13.6 Å². The highest BCUT2D eigenvalue weighted by molar-refractivity contribution is 9.10. The van der Waals surface area contributed by atoms with Gasteiger partial charge in [0.1, 0.15) is 28.6 Å². The Kier molecular flexibility index (Phi) is 9.91. The van der Waals surface area contributed by atoms with Crippen molar-refractivity contribution in [1.29, 1.82) is 0 Å². The van der Waals surface area contributed by atoms with Crippen molar-refractivity contribution in [1.82, 2.24) is 10.2 Å². The van der Waals surface area contributed by atoms with E-state index in [1.54, 1.807) is 27.7 Å². The fraction of sp³-hybridized carbons (Fsp3) is 0.500. The molecule has 1 unspecified atom stereocenters. The molecule has 0 bridgehead atoms. The molecule has 1 aliphatic carbocycles. The zero-order chi connectivity index (χ0) is 30.0. The van der Waals surface area contributed by atoms with E-state index in [1.165, 1.54) is 11.0 Å². The lowest BCUT2D eigenvalue weighted by Crippen LogP contribution is -2.50. The van der Waals surface area contributed by atoms with E-state index >= 15 is 0 Å².